The van der Waals surface area contributed by atoms with Crippen molar-refractivity contribution >= 4 is 29.0 Å². The van der Waals surface area contributed by atoms with Gasteiger partial charge in [-0.05, 0) is 30.7 Å². The first kappa shape index (κ1) is 21.9. The van der Waals surface area contributed by atoms with E-state index in [1.807, 2.05) is 47.4 Å². The molecule has 0 aromatic heterocycles. The highest BCUT2D eigenvalue weighted by atomic mass is 35.5. The van der Waals surface area contributed by atoms with Crippen LogP contribution in [0.25, 0.3) is 0 Å². The van der Waals surface area contributed by atoms with Gasteiger partial charge in [0.05, 0.1) is 42.7 Å². The maximum atomic E-state index is 13.7. The second-order valence-electron chi connectivity index (χ2n) is 9.65. The van der Waals surface area contributed by atoms with Crippen molar-refractivity contribution in [3.05, 3.63) is 100 Å². The molecule has 0 bridgehead atoms. The molecular formula is C28H28ClN2O2+. The third-order valence-electron chi connectivity index (χ3n) is 7.18. The summed E-state index contributed by atoms with van der Waals surface area (Å²) in [6.45, 7) is 4.22. The van der Waals surface area contributed by atoms with Crippen LogP contribution in [0.3, 0.4) is 0 Å². The minimum absolute atomic E-state index is 0.0466. The van der Waals surface area contributed by atoms with Gasteiger partial charge in [0.15, 0.2) is 0 Å². The Balaban J connectivity index is 1.47. The monoisotopic (exact) mass is 459 g/mol. The van der Waals surface area contributed by atoms with Crippen molar-refractivity contribution in [1.82, 2.24) is 0 Å². The van der Waals surface area contributed by atoms with Crippen LogP contribution in [0.4, 0.5) is 5.69 Å². The molecule has 5 rings (SSSR count). The van der Waals surface area contributed by atoms with E-state index in [1.165, 1.54) is 11.1 Å². The zero-order valence-electron chi connectivity index (χ0n) is 19.0. The van der Waals surface area contributed by atoms with Gasteiger partial charge in [0.25, 0.3) is 5.91 Å². The summed E-state index contributed by atoms with van der Waals surface area (Å²) in [5.41, 5.74) is 4.66. The third kappa shape index (κ3) is 3.98. The normalized spacial score (nSPS) is 23.7. The van der Waals surface area contributed by atoms with Crippen molar-refractivity contribution < 1.29 is 14.1 Å². The zero-order valence-corrected chi connectivity index (χ0v) is 19.8. The lowest BCUT2D eigenvalue weighted by atomic mass is 9.87. The zero-order chi connectivity index (χ0) is 23.2. The highest BCUT2D eigenvalue weighted by molar-refractivity contribution is 6.34. The maximum absolute atomic E-state index is 13.7. The summed E-state index contributed by atoms with van der Waals surface area (Å²) in [6, 6.07) is 23.2. The van der Waals surface area contributed by atoms with Crippen LogP contribution in [0.5, 0.6) is 0 Å². The predicted octanol–water partition coefficient (Wildman–Crippen LogP) is 5.49. The second-order valence-corrected chi connectivity index (χ2v) is 10.1. The molecule has 1 amide bonds. The van der Waals surface area contributed by atoms with Gasteiger partial charge in [-0.25, -0.2) is 0 Å². The summed E-state index contributed by atoms with van der Waals surface area (Å²) in [5.74, 6) is 0.311. The molecule has 1 fully saturated rings. The van der Waals surface area contributed by atoms with Crippen LogP contribution in [0.2, 0.25) is 5.02 Å². The second kappa shape index (κ2) is 8.44. The number of hydrogen-bond acceptors (Lipinski definition) is 2. The van der Waals surface area contributed by atoms with Crippen molar-refractivity contribution in [3.63, 3.8) is 0 Å². The molecule has 0 spiro atoms. The molecule has 3 unspecified atom stereocenters. The Morgan fingerprint density at radius 3 is 2.52 bits per heavy atom. The number of hydrogen-bond donors (Lipinski definition) is 0. The number of ketones is 1. The van der Waals surface area contributed by atoms with Gasteiger partial charge in [-0.1, -0.05) is 71.8 Å². The molecule has 1 saturated heterocycles. The number of halogens is 1. The summed E-state index contributed by atoms with van der Waals surface area (Å²) < 4.78 is 0.677. The van der Waals surface area contributed by atoms with Gasteiger partial charge in [-0.2, -0.15) is 0 Å². The Labute approximate surface area is 200 Å². The molecule has 0 saturated carbocycles. The van der Waals surface area contributed by atoms with E-state index < -0.39 is 0 Å². The van der Waals surface area contributed by atoms with E-state index >= 15 is 0 Å². The molecule has 0 N–H and O–H groups in total. The molecule has 2 aliphatic rings. The number of carbonyl (C=O) groups is 2. The number of rotatable bonds is 4. The summed E-state index contributed by atoms with van der Waals surface area (Å²) in [4.78, 5) is 28.6. The lowest BCUT2D eigenvalue weighted by molar-refractivity contribution is -0.907. The first-order chi connectivity index (χ1) is 15.9. The Hall–Kier alpha value is -2.95. The Kier molecular flexibility index (Phi) is 5.59. The van der Waals surface area contributed by atoms with Crippen molar-refractivity contribution in [2.24, 2.45) is 0 Å². The largest absolute Gasteiger partial charge is 0.319 e. The first-order valence-electron chi connectivity index (χ1n) is 11.5. The topological polar surface area (TPSA) is 37.4 Å². The quantitative estimate of drug-likeness (QED) is 0.382. The van der Waals surface area contributed by atoms with E-state index in [0.717, 1.165) is 30.8 Å². The smallest absolute Gasteiger partial charge is 0.260 e. The Bertz CT molecular complexity index is 1230. The fraction of sp³-hybridized carbons (Fsp3) is 0.286. The minimum atomic E-state index is -0.0466. The number of anilines is 1. The molecule has 3 atom stereocenters. The first-order valence-corrected chi connectivity index (χ1v) is 11.8. The molecule has 3 aromatic carbocycles. The van der Waals surface area contributed by atoms with E-state index in [-0.39, 0.29) is 23.7 Å². The molecule has 4 nitrogen and oxygen atoms in total. The van der Waals surface area contributed by atoms with Crippen molar-refractivity contribution in [1.29, 1.82) is 0 Å². The van der Waals surface area contributed by atoms with Gasteiger partial charge in [0.2, 0.25) is 5.78 Å². The Morgan fingerprint density at radius 1 is 1.03 bits per heavy atom. The number of benzene rings is 3. The fourth-order valence-corrected chi connectivity index (χ4v) is 5.76. The minimum Gasteiger partial charge on any atom is -0.319 e. The maximum Gasteiger partial charge on any atom is 0.260 e. The number of piperidine rings is 1. The lowest BCUT2D eigenvalue weighted by Gasteiger charge is -2.44. The van der Waals surface area contributed by atoms with E-state index in [1.54, 1.807) is 12.1 Å². The van der Waals surface area contributed by atoms with E-state index in [9.17, 15) is 9.59 Å². The van der Waals surface area contributed by atoms with Gasteiger partial charge in [0.1, 0.15) is 6.54 Å². The van der Waals surface area contributed by atoms with Gasteiger partial charge in [-0.15, -0.1) is 0 Å². The number of aryl methyl sites for hydroxylation is 1. The summed E-state index contributed by atoms with van der Waals surface area (Å²) >= 11 is 6.40. The van der Waals surface area contributed by atoms with Gasteiger partial charge < -0.3 is 9.38 Å². The van der Waals surface area contributed by atoms with E-state index in [4.69, 9.17) is 11.6 Å². The van der Waals surface area contributed by atoms with Gasteiger partial charge in [0, 0.05) is 17.7 Å². The van der Waals surface area contributed by atoms with Gasteiger partial charge in [-0.3, -0.25) is 9.59 Å². The van der Waals surface area contributed by atoms with Crippen molar-refractivity contribution in [2.45, 2.75) is 25.3 Å². The number of fused-ring (bicyclic) bond motifs is 3. The number of quaternary nitrogens is 1. The fourth-order valence-electron chi connectivity index (χ4n) is 5.55. The van der Waals surface area contributed by atoms with Crippen molar-refractivity contribution in [2.75, 3.05) is 31.6 Å². The third-order valence-corrected chi connectivity index (χ3v) is 7.51. The van der Waals surface area contributed by atoms with Crippen LogP contribution in [0, 0.1) is 6.92 Å². The average Bonchev–Trinajstić information content (AvgIpc) is 3.11. The van der Waals surface area contributed by atoms with E-state index in [0.29, 0.717) is 21.6 Å². The molecule has 2 heterocycles. The van der Waals surface area contributed by atoms with Crippen LogP contribution in [-0.2, 0) is 0 Å². The van der Waals surface area contributed by atoms with Crippen LogP contribution < -0.4 is 4.90 Å². The van der Waals surface area contributed by atoms with Gasteiger partial charge >= 0.3 is 0 Å². The summed E-state index contributed by atoms with van der Waals surface area (Å²) in [6.07, 6.45) is 0.840. The van der Waals surface area contributed by atoms with Crippen LogP contribution in [0.15, 0.2) is 72.8 Å². The SMILES string of the molecule is Cc1ccc2c(c1)C1C[N+](C)(CC(=O)c3ccccc3)CCC1N2C(=O)c1ccccc1Cl. The molecular weight excluding hydrogens is 432 g/mol. The number of Topliss-reactive ketones (excluding diaryl/α,β-unsaturated/α-hetero) is 1. The summed E-state index contributed by atoms with van der Waals surface area (Å²) in [7, 11) is 2.17. The predicted molar refractivity (Wildman–Crippen MR) is 132 cm³/mol. The highest BCUT2D eigenvalue weighted by Gasteiger charge is 2.49. The summed E-state index contributed by atoms with van der Waals surface area (Å²) in [5, 5.41) is 0.476. The standard InChI is InChI=1S/C28H28ClN2O2/c1-19-12-13-25-22(16-19)23-17-31(2,18-27(32)20-8-4-3-5-9-20)15-14-26(23)30(25)28(33)21-10-6-7-11-24(21)29/h3-13,16,23,26H,14-15,17-18H2,1-2H3/q+1. The molecule has 0 radical (unpaired) electrons. The number of amides is 1. The van der Waals surface area contributed by atoms with Crippen LogP contribution in [0.1, 0.15) is 44.2 Å². The number of likely N-dealkylation sites (N-methyl/N-ethyl adjacent to an activating group) is 1. The lowest BCUT2D eigenvalue weighted by Crippen LogP contribution is -2.58. The Morgan fingerprint density at radius 2 is 1.76 bits per heavy atom. The molecule has 33 heavy (non-hydrogen) atoms. The van der Waals surface area contributed by atoms with E-state index in [2.05, 4.69) is 32.2 Å². The van der Waals surface area contributed by atoms with Crippen molar-refractivity contribution in [3.8, 4) is 0 Å². The number of carbonyl (C=O) groups excluding carboxylic acids is 2. The average molecular weight is 460 g/mol. The molecule has 0 aliphatic carbocycles. The molecule has 5 heteroatoms. The van der Waals surface area contributed by atoms with Crippen LogP contribution in [-0.4, -0.2) is 48.9 Å². The van der Waals surface area contributed by atoms with Crippen LogP contribution >= 0.6 is 11.6 Å². The molecule has 2 aliphatic heterocycles. The number of nitrogens with zero attached hydrogens (tertiary/aromatic N) is 2. The molecule has 3 aromatic rings. The number of likely N-dealkylation sites (tertiary alicyclic amines) is 1. The molecule has 168 valence electrons. The highest BCUT2D eigenvalue weighted by Crippen LogP contribution is 2.47.